The van der Waals surface area contributed by atoms with Gasteiger partial charge in [0.2, 0.25) is 5.91 Å². The van der Waals surface area contributed by atoms with Crippen LogP contribution in [0.1, 0.15) is 26.7 Å². The molecule has 94 valence electrons. The molecule has 0 aliphatic carbocycles. The highest BCUT2D eigenvalue weighted by Crippen LogP contribution is 2.22. The number of hydrogen-bond donors (Lipinski definition) is 1. The van der Waals surface area contributed by atoms with Gasteiger partial charge in [0, 0.05) is 19.1 Å². The van der Waals surface area contributed by atoms with Crippen molar-refractivity contribution in [3.05, 3.63) is 0 Å². The fraction of sp³-hybridized carbons (Fsp3) is 0.909. The minimum atomic E-state index is -0.308. The van der Waals surface area contributed by atoms with E-state index in [4.69, 9.17) is 21.1 Å². The number of amides is 1. The molecule has 1 aliphatic heterocycles. The lowest BCUT2D eigenvalue weighted by molar-refractivity contribution is -0.129. The number of halogens is 1. The summed E-state index contributed by atoms with van der Waals surface area (Å²) in [6.07, 6.45) is 1.60. The number of alkyl halides is 1. The number of carbonyl (C=O) groups is 1. The highest BCUT2D eigenvalue weighted by molar-refractivity contribution is 6.18. The molecule has 16 heavy (non-hydrogen) atoms. The lowest BCUT2D eigenvalue weighted by Gasteiger charge is -2.36. The zero-order valence-corrected chi connectivity index (χ0v) is 10.7. The van der Waals surface area contributed by atoms with Gasteiger partial charge < -0.3 is 14.8 Å². The van der Waals surface area contributed by atoms with E-state index in [9.17, 15) is 4.79 Å². The summed E-state index contributed by atoms with van der Waals surface area (Å²) in [5.41, 5.74) is -0.308. The Bertz CT molecular complexity index is 227. The minimum absolute atomic E-state index is 0.0624. The summed E-state index contributed by atoms with van der Waals surface area (Å²) in [4.78, 5) is 11.6. The average molecular weight is 250 g/mol. The van der Waals surface area contributed by atoms with Gasteiger partial charge in [0.15, 0.2) is 0 Å². The van der Waals surface area contributed by atoms with Crippen LogP contribution < -0.4 is 5.32 Å². The number of hydrogen-bond acceptors (Lipinski definition) is 3. The van der Waals surface area contributed by atoms with Crippen LogP contribution in [0.25, 0.3) is 0 Å². The fourth-order valence-corrected chi connectivity index (χ4v) is 1.96. The molecule has 1 fully saturated rings. The van der Waals surface area contributed by atoms with Crippen molar-refractivity contribution in [1.29, 1.82) is 0 Å². The van der Waals surface area contributed by atoms with Gasteiger partial charge in [0.25, 0.3) is 0 Å². The van der Waals surface area contributed by atoms with E-state index >= 15 is 0 Å². The van der Waals surface area contributed by atoms with Crippen molar-refractivity contribution >= 4 is 17.5 Å². The minimum Gasteiger partial charge on any atom is -0.381 e. The Morgan fingerprint density at radius 1 is 1.50 bits per heavy atom. The van der Waals surface area contributed by atoms with Crippen molar-refractivity contribution in [1.82, 2.24) is 5.32 Å². The maximum absolute atomic E-state index is 11.6. The normalized spacial score (nSPS) is 19.8. The molecule has 0 saturated carbocycles. The summed E-state index contributed by atoms with van der Waals surface area (Å²) in [6.45, 7) is 5.20. The second kappa shape index (κ2) is 6.42. The summed E-state index contributed by atoms with van der Waals surface area (Å²) in [5.74, 6) is 0.320. The SMILES string of the molecule is CC(C)OCC(=O)NC1(CCl)CCOCC1. The first-order valence-corrected chi connectivity index (χ1v) is 6.18. The van der Waals surface area contributed by atoms with Crippen LogP contribution >= 0.6 is 11.6 Å². The largest absolute Gasteiger partial charge is 0.381 e. The topological polar surface area (TPSA) is 47.6 Å². The molecule has 5 heteroatoms. The zero-order chi connectivity index (χ0) is 12.0. The molecule has 1 rings (SSSR count). The van der Waals surface area contributed by atoms with E-state index in [-0.39, 0.29) is 24.2 Å². The van der Waals surface area contributed by atoms with Crippen LogP contribution in [0.3, 0.4) is 0 Å². The van der Waals surface area contributed by atoms with E-state index in [1.807, 2.05) is 13.8 Å². The summed E-state index contributed by atoms with van der Waals surface area (Å²) in [7, 11) is 0. The van der Waals surface area contributed by atoms with Crippen molar-refractivity contribution in [3.8, 4) is 0 Å². The third-order valence-corrected chi connectivity index (χ3v) is 3.17. The van der Waals surface area contributed by atoms with Gasteiger partial charge in [0.1, 0.15) is 6.61 Å². The van der Waals surface area contributed by atoms with Crippen LogP contribution in [0.4, 0.5) is 0 Å². The Kier molecular flexibility index (Phi) is 5.52. The number of ether oxygens (including phenoxy) is 2. The summed E-state index contributed by atoms with van der Waals surface area (Å²) >= 11 is 5.93. The van der Waals surface area contributed by atoms with Crippen LogP contribution in [0, 0.1) is 0 Å². The second-order valence-corrected chi connectivity index (χ2v) is 4.70. The maximum Gasteiger partial charge on any atom is 0.246 e. The van der Waals surface area contributed by atoms with Crippen LogP contribution in [0.15, 0.2) is 0 Å². The molecule has 0 aromatic rings. The van der Waals surface area contributed by atoms with Crippen LogP contribution in [-0.4, -0.2) is 43.3 Å². The average Bonchev–Trinajstić information content (AvgIpc) is 2.28. The van der Waals surface area contributed by atoms with Crippen molar-refractivity contribution in [2.45, 2.75) is 38.3 Å². The molecule has 0 spiro atoms. The van der Waals surface area contributed by atoms with Crippen molar-refractivity contribution < 1.29 is 14.3 Å². The van der Waals surface area contributed by atoms with E-state index in [0.717, 1.165) is 12.8 Å². The predicted octanol–water partition coefficient (Wildman–Crippen LogP) is 1.32. The Morgan fingerprint density at radius 3 is 2.62 bits per heavy atom. The molecule has 0 radical (unpaired) electrons. The summed E-state index contributed by atoms with van der Waals surface area (Å²) < 4.78 is 10.5. The Morgan fingerprint density at radius 2 is 2.12 bits per heavy atom. The van der Waals surface area contributed by atoms with Crippen LogP contribution in [0.5, 0.6) is 0 Å². The number of rotatable bonds is 5. The van der Waals surface area contributed by atoms with Gasteiger partial charge in [-0.3, -0.25) is 4.79 Å². The van der Waals surface area contributed by atoms with Gasteiger partial charge >= 0.3 is 0 Å². The third kappa shape index (κ3) is 4.28. The molecule has 1 aliphatic rings. The Balaban J connectivity index is 2.39. The van der Waals surface area contributed by atoms with Gasteiger partial charge in [-0.1, -0.05) is 0 Å². The van der Waals surface area contributed by atoms with Crippen LogP contribution in [-0.2, 0) is 14.3 Å². The molecule has 1 saturated heterocycles. The van der Waals surface area contributed by atoms with Gasteiger partial charge in [-0.15, -0.1) is 11.6 Å². The van der Waals surface area contributed by atoms with Gasteiger partial charge in [0.05, 0.1) is 11.6 Å². The Labute approximate surface area is 102 Å². The van der Waals surface area contributed by atoms with E-state index in [1.54, 1.807) is 0 Å². The van der Waals surface area contributed by atoms with E-state index in [1.165, 1.54) is 0 Å². The molecular weight excluding hydrogens is 230 g/mol. The predicted molar refractivity (Wildman–Crippen MR) is 62.7 cm³/mol. The fourth-order valence-electron chi connectivity index (χ4n) is 1.63. The molecule has 0 bridgehead atoms. The molecule has 0 aromatic heterocycles. The number of nitrogens with one attached hydrogen (secondary N) is 1. The highest BCUT2D eigenvalue weighted by Gasteiger charge is 2.33. The van der Waals surface area contributed by atoms with Crippen molar-refractivity contribution in [3.63, 3.8) is 0 Å². The Hall–Kier alpha value is -0.320. The summed E-state index contributed by atoms with van der Waals surface area (Å²) in [5, 5.41) is 2.96. The first-order valence-electron chi connectivity index (χ1n) is 5.64. The third-order valence-electron chi connectivity index (χ3n) is 2.66. The van der Waals surface area contributed by atoms with E-state index in [2.05, 4.69) is 5.32 Å². The lowest BCUT2D eigenvalue weighted by atomic mass is 9.92. The first-order chi connectivity index (χ1) is 7.58. The van der Waals surface area contributed by atoms with Crippen LogP contribution in [0.2, 0.25) is 0 Å². The van der Waals surface area contributed by atoms with Gasteiger partial charge in [-0.2, -0.15) is 0 Å². The summed E-state index contributed by atoms with van der Waals surface area (Å²) in [6, 6.07) is 0. The maximum atomic E-state index is 11.6. The zero-order valence-electron chi connectivity index (χ0n) is 9.92. The molecule has 0 unspecified atom stereocenters. The molecule has 4 nitrogen and oxygen atoms in total. The van der Waals surface area contributed by atoms with Crippen molar-refractivity contribution in [2.75, 3.05) is 25.7 Å². The molecule has 1 N–H and O–H groups in total. The molecule has 0 atom stereocenters. The quantitative estimate of drug-likeness (QED) is 0.748. The van der Waals surface area contributed by atoms with Crippen molar-refractivity contribution in [2.24, 2.45) is 0 Å². The monoisotopic (exact) mass is 249 g/mol. The van der Waals surface area contributed by atoms with E-state index < -0.39 is 0 Å². The molecular formula is C11H20ClNO3. The highest BCUT2D eigenvalue weighted by atomic mass is 35.5. The molecule has 1 amide bonds. The molecule has 0 aromatic carbocycles. The lowest BCUT2D eigenvalue weighted by Crippen LogP contribution is -2.54. The smallest absolute Gasteiger partial charge is 0.246 e. The molecule has 1 heterocycles. The van der Waals surface area contributed by atoms with Gasteiger partial charge in [-0.05, 0) is 26.7 Å². The second-order valence-electron chi connectivity index (χ2n) is 4.43. The number of carbonyl (C=O) groups excluding carboxylic acids is 1. The first kappa shape index (κ1) is 13.7. The van der Waals surface area contributed by atoms with E-state index in [0.29, 0.717) is 19.1 Å². The standard InChI is InChI=1S/C11H20ClNO3/c1-9(2)16-7-10(14)13-11(8-12)3-5-15-6-4-11/h9H,3-8H2,1-2H3,(H,13,14). The van der Waals surface area contributed by atoms with Gasteiger partial charge in [-0.25, -0.2) is 0 Å².